The maximum atomic E-state index is 4.78. The van der Waals surface area contributed by atoms with Crippen molar-refractivity contribution in [3.05, 3.63) is 47.9 Å². The molecule has 1 aliphatic heterocycles. The number of para-hydroxylation sites is 2. The quantitative estimate of drug-likeness (QED) is 0.744. The third-order valence-corrected chi connectivity index (χ3v) is 4.18. The van der Waals surface area contributed by atoms with Crippen molar-refractivity contribution in [2.75, 3.05) is 18.0 Å². The van der Waals surface area contributed by atoms with Crippen molar-refractivity contribution in [1.29, 1.82) is 0 Å². The van der Waals surface area contributed by atoms with Crippen LogP contribution in [0.4, 0.5) is 5.82 Å². The van der Waals surface area contributed by atoms with Crippen LogP contribution in [0, 0.1) is 19.8 Å². The zero-order valence-electron chi connectivity index (χ0n) is 12.9. The Hall–Kier alpha value is -2.43. The van der Waals surface area contributed by atoms with Gasteiger partial charge < -0.3 is 4.90 Å². The average molecular weight is 293 g/mol. The van der Waals surface area contributed by atoms with Gasteiger partial charge in [0.1, 0.15) is 0 Å². The molecule has 1 saturated heterocycles. The lowest BCUT2D eigenvalue weighted by molar-refractivity contribution is 0.340. The molecule has 3 heterocycles. The number of aromatic nitrogens is 4. The van der Waals surface area contributed by atoms with Crippen molar-refractivity contribution in [2.45, 2.75) is 20.4 Å². The monoisotopic (exact) mass is 293 g/mol. The van der Waals surface area contributed by atoms with E-state index in [0.29, 0.717) is 5.92 Å². The van der Waals surface area contributed by atoms with Gasteiger partial charge in [0.15, 0.2) is 5.82 Å². The maximum absolute atomic E-state index is 4.78. The highest BCUT2D eigenvalue weighted by atomic mass is 15.3. The second-order valence-corrected chi connectivity index (χ2v) is 6.13. The van der Waals surface area contributed by atoms with Crippen LogP contribution >= 0.6 is 0 Å². The minimum absolute atomic E-state index is 0.631. The fourth-order valence-electron chi connectivity index (χ4n) is 3.07. The summed E-state index contributed by atoms with van der Waals surface area (Å²) in [5, 5.41) is 4.36. The third kappa shape index (κ3) is 2.32. The van der Waals surface area contributed by atoms with E-state index in [0.717, 1.165) is 42.2 Å². The Morgan fingerprint density at radius 1 is 1.09 bits per heavy atom. The van der Waals surface area contributed by atoms with E-state index in [1.165, 1.54) is 5.56 Å². The minimum atomic E-state index is 0.631. The van der Waals surface area contributed by atoms with Gasteiger partial charge in [0.05, 0.1) is 22.9 Å². The number of aryl methyl sites for hydroxylation is 2. The van der Waals surface area contributed by atoms with Crippen molar-refractivity contribution in [3.8, 4) is 0 Å². The lowest BCUT2D eigenvalue weighted by atomic mass is 10.00. The Morgan fingerprint density at radius 3 is 2.50 bits per heavy atom. The summed E-state index contributed by atoms with van der Waals surface area (Å²) in [6, 6.07) is 8.05. The number of nitrogens with zero attached hydrogens (tertiary/aromatic N) is 5. The minimum Gasteiger partial charge on any atom is -0.354 e. The zero-order chi connectivity index (χ0) is 15.1. The van der Waals surface area contributed by atoms with E-state index in [2.05, 4.69) is 28.1 Å². The first-order valence-corrected chi connectivity index (χ1v) is 7.66. The zero-order valence-corrected chi connectivity index (χ0v) is 12.9. The second kappa shape index (κ2) is 5.09. The van der Waals surface area contributed by atoms with Crippen LogP contribution in [0.1, 0.15) is 11.3 Å². The number of fused-ring (bicyclic) bond motifs is 1. The van der Waals surface area contributed by atoms with Crippen molar-refractivity contribution in [2.24, 2.45) is 5.92 Å². The molecule has 1 aromatic carbocycles. The highest BCUT2D eigenvalue weighted by molar-refractivity contribution is 5.76. The first-order chi connectivity index (χ1) is 10.7. The molecule has 0 saturated carbocycles. The van der Waals surface area contributed by atoms with Crippen molar-refractivity contribution in [1.82, 2.24) is 19.7 Å². The van der Waals surface area contributed by atoms with E-state index < -0.39 is 0 Å². The average Bonchev–Trinajstić information content (AvgIpc) is 2.87. The number of hydrogen-bond acceptors (Lipinski definition) is 4. The Balaban J connectivity index is 1.49. The molecule has 0 spiro atoms. The number of anilines is 1. The molecule has 0 N–H and O–H groups in total. The van der Waals surface area contributed by atoms with Crippen LogP contribution in [-0.2, 0) is 6.54 Å². The Bertz CT molecular complexity index is 817. The predicted octanol–water partition coefficient (Wildman–Crippen LogP) is 2.58. The summed E-state index contributed by atoms with van der Waals surface area (Å²) in [4.78, 5) is 11.8. The van der Waals surface area contributed by atoms with Crippen LogP contribution in [0.2, 0.25) is 0 Å². The first-order valence-electron chi connectivity index (χ1n) is 7.66. The summed E-state index contributed by atoms with van der Waals surface area (Å²) < 4.78 is 2.04. The SMILES string of the molecule is Cc1cnn(CC2CN(c3nc4ccccc4nc3C)C2)c1. The number of rotatable bonds is 3. The molecule has 0 radical (unpaired) electrons. The van der Waals surface area contributed by atoms with E-state index in [1.807, 2.05) is 42.1 Å². The van der Waals surface area contributed by atoms with Gasteiger partial charge in [0.25, 0.3) is 0 Å². The molecule has 1 fully saturated rings. The van der Waals surface area contributed by atoms with Gasteiger partial charge in [-0.15, -0.1) is 0 Å². The summed E-state index contributed by atoms with van der Waals surface area (Å²) in [6.45, 7) is 7.13. The van der Waals surface area contributed by atoms with Crippen molar-refractivity contribution in [3.63, 3.8) is 0 Å². The molecule has 112 valence electrons. The smallest absolute Gasteiger partial charge is 0.150 e. The highest BCUT2D eigenvalue weighted by Gasteiger charge is 2.29. The van der Waals surface area contributed by atoms with Crippen LogP contribution < -0.4 is 4.90 Å². The summed E-state index contributed by atoms with van der Waals surface area (Å²) in [7, 11) is 0. The van der Waals surface area contributed by atoms with Crippen LogP contribution in [0.25, 0.3) is 11.0 Å². The Kier molecular flexibility index (Phi) is 3.06. The fraction of sp³-hybridized carbons (Fsp3) is 0.353. The van der Waals surface area contributed by atoms with Gasteiger partial charge in [-0.05, 0) is 31.5 Å². The molecule has 0 amide bonds. The molecule has 4 rings (SSSR count). The molecule has 0 bridgehead atoms. The van der Waals surface area contributed by atoms with Gasteiger partial charge in [-0.3, -0.25) is 4.68 Å². The standard InChI is InChI=1S/C17H19N5/c1-12-7-18-22(8-12)11-14-9-21(10-14)17-13(2)19-15-5-3-4-6-16(15)20-17/h3-8,14H,9-11H2,1-2H3. The largest absolute Gasteiger partial charge is 0.354 e. The van der Waals surface area contributed by atoms with Crippen LogP contribution in [0.5, 0.6) is 0 Å². The van der Waals surface area contributed by atoms with Gasteiger partial charge in [-0.1, -0.05) is 12.1 Å². The molecule has 3 aromatic rings. The lowest BCUT2D eigenvalue weighted by Gasteiger charge is -2.40. The first kappa shape index (κ1) is 13.2. The second-order valence-electron chi connectivity index (χ2n) is 6.13. The summed E-state index contributed by atoms with van der Waals surface area (Å²) >= 11 is 0. The molecule has 22 heavy (non-hydrogen) atoms. The van der Waals surface area contributed by atoms with Gasteiger partial charge in [0.2, 0.25) is 0 Å². The molecule has 5 nitrogen and oxygen atoms in total. The highest BCUT2D eigenvalue weighted by Crippen LogP contribution is 2.27. The van der Waals surface area contributed by atoms with Gasteiger partial charge in [0, 0.05) is 31.7 Å². The molecule has 5 heteroatoms. The number of benzene rings is 1. The summed E-state index contributed by atoms with van der Waals surface area (Å²) in [5.74, 6) is 1.65. The maximum Gasteiger partial charge on any atom is 0.150 e. The summed E-state index contributed by atoms with van der Waals surface area (Å²) in [5.41, 5.74) is 4.15. The molecule has 0 atom stereocenters. The summed E-state index contributed by atoms with van der Waals surface area (Å²) in [6.07, 6.45) is 4.01. The van der Waals surface area contributed by atoms with Crippen LogP contribution in [-0.4, -0.2) is 32.8 Å². The van der Waals surface area contributed by atoms with E-state index in [-0.39, 0.29) is 0 Å². The van der Waals surface area contributed by atoms with Gasteiger partial charge >= 0.3 is 0 Å². The molecular weight excluding hydrogens is 274 g/mol. The van der Waals surface area contributed by atoms with E-state index in [1.54, 1.807) is 0 Å². The molecule has 0 unspecified atom stereocenters. The van der Waals surface area contributed by atoms with E-state index in [9.17, 15) is 0 Å². The number of hydrogen-bond donors (Lipinski definition) is 0. The molecule has 2 aromatic heterocycles. The van der Waals surface area contributed by atoms with Crippen LogP contribution in [0.15, 0.2) is 36.7 Å². The third-order valence-electron chi connectivity index (χ3n) is 4.18. The Labute approximate surface area is 129 Å². The topological polar surface area (TPSA) is 46.8 Å². The fourth-order valence-corrected chi connectivity index (χ4v) is 3.07. The lowest BCUT2D eigenvalue weighted by Crippen LogP contribution is -2.49. The molecule has 0 aliphatic carbocycles. The van der Waals surface area contributed by atoms with Gasteiger partial charge in [-0.2, -0.15) is 5.10 Å². The van der Waals surface area contributed by atoms with E-state index >= 15 is 0 Å². The van der Waals surface area contributed by atoms with E-state index in [4.69, 9.17) is 4.98 Å². The van der Waals surface area contributed by atoms with Gasteiger partial charge in [-0.25, -0.2) is 9.97 Å². The normalized spacial score (nSPS) is 15.3. The molecule has 1 aliphatic rings. The van der Waals surface area contributed by atoms with Crippen LogP contribution in [0.3, 0.4) is 0 Å². The predicted molar refractivity (Wildman–Crippen MR) is 86.9 cm³/mol. The molecular formula is C17H19N5. The van der Waals surface area contributed by atoms with Crippen molar-refractivity contribution >= 4 is 16.9 Å². The Morgan fingerprint density at radius 2 is 1.82 bits per heavy atom. The van der Waals surface area contributed by atoms with Crippen molar-refractivity contribution < 1.29 is 0 Å².